The van der Waals surface area contributed by atoms with Crippen molar-refractivity contribution in [2.75, 3.05) is 18.6 Å². The maximum Gasteiger partial charge on any atom is 0.252 e. The van der Waals surface area contributed by atoms with Gasteiger partial charge in [-0.1, -0.05) is 0 Å². The molecule has 5 nitrogen and oxygen atoms in total. The molecule has 1 aliphatic heterocycles. The quantitative estimate of drug-likeness (QED) is 0.921. The van der Waals surface area contributed by atoms with Crippen LogP contribution in [-0.2, 0) is 9.59 Å². The first-order valence-electron chi connectivity index (χ1n) is 7.31. The van der Waals surface area contributed by atoms with E-state index < -0.39 is 5.54 Å². The average Bonchev–Trinajstić information content (AvgIpc) is 3.32. The van der Waals surface area contributed by atoms with Crippen LogP contribution >= 0.6 is 0 Å². The fraction of sp³-hybridized carbons (Fsp3) is 0.500. The summed E-state index contributed by atoms with van der Waals surface area (Å²) in [6.45, 7) is 2.27. The van der Waals surface area contributed by atoms with Crippen molar-refractivity contribution in [3.63, 3.8) is 0 Å². The van der Waals surface area contributed by atoms with Crippen LogP contribution in [-0.4, -0.2) is 31.0 Å². The molecular formula is C16H20N2O3. The number of ether oxygens (including phenoxy) is 1. The Labute approximate surface area is 124 Å². The van der Waals surface area contributed by atoms with Gasteiger partial charge in [0.25, 0.3) is 5.91 Å². The maximum absolute atomic E-state index is 12.9. The van der Waals surface area contributed by atoms with Gasteiger partial charge in [0.15, 0.2) is 0 Å². The Morgan fingerprint density at radius 3 is 2.48 bits per heavy atom. The molecule has 1 unspecified atom stereocenters. The zero-order valence-corrected chi connectivity index (χ0v) is 12.4. The summed E-state index contributed by atoms with van der Waals surface area (Å²) in [6, 6.07) is 7.38. The predicted octanol–water partition coefficient (Wildman–Crippen LogP) is 1.72. The van der Waals surface area contributed by atoms with Crippen LogP contribution in [0.25, 0.3) is 0 Å². The molecule has 1 saturated heterocycles. The van der Waals surface area contributed by atoms with Crippen LogP contribution in [0.3, 0.4) is 0 Å². The zero-order chi connectivity index (χ0) is 15.0. The van der Waals surface area contributed by atoms with Gasteiger partial charge in [0.05, 0.1) is 7.11 Å². The number of amides is 2. The largest absolute Gasteiger partial charge is 0.497 e. The molecule has 0 spiro atoms. The van der Waals surface area contributed by atoms with Crippen molar-refractivity contribution in [2.45, 2.75) is 31.7 Å². The third-order valence-corrected chi connectivity index (χ3v) is 4.43. The maximum atomic E-state index is 12.9. The Kier molecular flexibility index (Phi) is 3.35. The van der Waals surface area contributed by atoms with Crippen molar-refractivity contribution in [2.24, 2.45) is 5.92 Å². The van der Waals surface area contributed by atoms with Gasteiger partial charge < -0.3 is 15.0 Å². The van der Waals surface area contributed by atoms with E-state index in [4.69, 9.17) is 4.74 Å². The van der Waals surface area contributed by atoms with E-state index in [1.165, 1.54) is 0 Å². The molecule has 5 heteroatoms. The van der Waals surface area contributed by atoms with E-state index in [2.05, 4.69) is 5.32 Å². The van der Waals surface area contributed by atoms with Crippen molar-refractivity contribution < 1.29 is 14.3 Å². The van der Waals surface area contributed by atoms with E-state index in [9.17, 15) is 9.59 Å². The second-order valence-corrected chi connectivity index (χ2v) is 5.93. The van der Waals surface area contributed by atoms with Gasteiger partial charge in [-0.05, 0) is 49.9 Å². The van der Waals surface area contributed by atoms with E-state index in [1.807, 2.05) is 31.2 Å². The topological polar surface area (TPSA) is 58.6 Å². The van der Waals surface area contributed by atoms with Crippen molar-refractivity contribution in [3.8, 4) is 5.75 Å². The minimum atomic E-state index is -0.770. The van der Waals surface area contributed by atoms with Gasteiger partial charge in [0, 0.05) is 18.7 Å². The molecule has 21 heavy (non-hydrogen) atoms. The van der Waals surface area contributed by atoms with E-state index >= 15 is 0 Å². The lowest BCUT2D eigenvalue weighted by Gasteiger charge is -2.32. The molecule has 1 aromatic rings. The molecule has 1 aromatic carbocycles. The number of carbonyl (C=O) groups excluding carboxylic acids is 2. The van der Waals surface area contributed by atoms with Gasteiger partial charge >= 0.3 is 0 Å². The Hall–Kier alpha value is -2.04. The summed E-state index contributed by atoms with van der Waals surface area (Å²) >= 11 is 0. The first-order chi connectivity index (χ1) is 10.0. The van der Waals surface area contributed by atoms with Crippen LogP contribution in [0.2, 0.25) is 0 Å². The SMILES string of the molecule is COc1ccc(N2CCC(=O)NC(C)(C3CC3)C2=O)cc1. The van der Waals surface area contributed by atoms with E-state index in [1.54, 1.807) is 12.0 Å². The average molecular weight is 288 g/mol. The summed E-state index contributed by atoms with van der Waals surface area (Å²) in [4.78, 5) is 26.6. The lowest BCUT2D eigenvalue weighted by atomic mass is 9.94. The lowest BCUT2D eigenvalue weighted by Crippen LogP contribution is -2.56. The molecule has 2 amide bonds. The first-order valence-corrected chi connectivity index (χ1v) is 7.31. The van der Waals surface area contributed by atoms with Crippen molar-refractivity contribution in [1.82, 2.24) is 5.32 Å². The molecule has 1 N–H and O–H groups in total. The van der Waals surface area contributed by atoms with Crippen LogP contribution in [0.1, 0.15) is 26.2 Å². The Morgan fingerprint density at radius 2 is 1.90 bits per heavy atom. The third kappa shape index (κ3) is 2.48. The van der Waals surface area contributed by atoms with Crippen molar-refractivity contribution >= 4 is 17.5 Å². The van der Waals surface area contributed by atoms with Gasteiger partial charge in [-0.15, -0.1) is 0 Å². The highest BCUT2D eigenvalue weighted by atomic mass is 16.5. The Morgan fingerprint density at radius 1 is 1.24 bits per heavy atom. The lowest BCUT2D eigenvalue weighted by molar-refractivity contribution is -0.130. The van der Waals surface area contributed by atoms with Crippen molar-refractivity contribution in [1.29, 1.82) is 0 Å². The second-order valence-electron chi connectivity index (χ2n) is 5.93. The molecule has 2 fully saturated rings. The first kappa shape index (κ1) is 13.9. The summed E-state index contributed by atoms with van der Waals surface area (Å²) < 4.78 is 5.14. The van der Waals surface area contributed by atoms with E-state index in [0.29, 0.717) is 13.0 Å². The minimum Gasteiger partial charge on any atom is -0.497 e. The molecule has 0 bridgehead atoms. The van der Waals surface area contributed by atoms with Gasteiger partial charge in [0.2, 0.25) is 5.91 Å². The van der Waals surface area contributed by atoms with Crippen molar-refractivity contribution in [3.05, 3.63) is 24.3 Å². The van der Waals surface area contributed by atoms with Crippen LogP contribution in [0.15, 0.2) is 24.3 Å². The highest BCUT2D eigenvalue weighted by molar-refractivity contribution is 6.04. The molecule has 1 saturated carbocycles. The zero-order valence-electron chi connectivity index (χ0n) is 12.4. The highest BCUT2D eigenvalue weighted by Gasteiger charge is 2.51. The number of methoxy groups -OCH3 is 1. The van der Waals surface area contributed by atoms with Gasteiger partial charge in [-0.2, -0.15) is 0 Å². The molecule has 0 aromatic heterocycles. The number of carbonyl (C=O) groups is 2. The number of rotatable bonds is 3. The van der Waals surface area contributed by atoms with Crippen LogP contribution in [0.4, 0.5) is 5.69 Å². The summed E-state index contributed by atoms with van der Waals surface area (Å²) in [5.41, 5.74) is 0.0391. The highest BCUT2D eigenvalue weighted by Crippen LogP contribution is 2.42. The number of hydrogen-bond acceptors (Lipinski definition) is 3. The number of benzene rings is 1. The smallest absolute Gasteiger partial charge is 0.252 e. The van der Waals surface area contributed by atoms with Gasteiger partial charge in [0.1, 0.15) is 11.3 Å². The number of anilines is 1. The third-order valence-electron chi connectivity index (χ3n) is 4.43. The van der Waals surface area contributed by atoms with Crippen LogP contribution in [0.5, 0.6) is 5.75 Å². The molecule has 1 aliphatic carbocycles. The summed E-state index contributed by atoms with van der Waals surface area (Å²) in [5, 5.41) is 2.93. The van der Waals surface area contributed by atoms with Gasteiger partial charge in [-0.3, -0.25) is 9.59 Å². The molecule has 3 rings (SSSR count). The van der Waals surface area contributed by atoms with E-state index in [0.717, 1.165) is 24.3 Å². The monoisotopic (exact) mass is 288 g/mol. The standard InChI is InChI=1S/C16H20N2O3/c1-16(11-3-4-11)15(20)18(10-9-14(19)17-16)12-5-7-13(21-2)8-6-12/h5-8,11H,3-4,9-10H2,1-2H3,(H,17,19). The summed E-state index contributed by atoms with van der Waals surface area (Å²) in [7, 11) is 1.61. The molecule has 1 heterocycles. The van der Waals surface area contributed by atoms with E-state index in [-0.39, 0.29) is 17.7 Å². The number of hydrogen-bond donors (Lipinski definition) is 1. The number of nitrogens with zero attached hydrogens (tertiary/aromatic N) is 1. The summed E-state index contributed by atoms with van der Waals surface area (Å²) in [6.07, 6.45) is 2.33. The van der Waals surface area contributed by atoms with Crippen LogP contribution in [0, 0.1) is 5.92 Å². The Bertz CT molecular complexity index is 565. The van der Waals surface area contributed by atoms with Gasteiger partial charge in [-0.25, -0.2) is 0 Å². The molecule has 0 radical (unpaired) electrons. The molecular weight excluding hydrogens is 268 g/mol. The van der Waals surface area contributed by atoms with Crippen LogP contribution < -0.4 is 15.0 Å². The summed E-state index contributed by atoms with van der Waals surface area (Å²) in [5.74, 6) is 0.947. The molecule has 2 aliphatic rings. The second kappa shape index (κ2) is 5.06. The normalized spacial score (nSPS) is 26.3. The minimum absolute atomic E-state index is 0.0129. The fourth-order valence-corrected chi connectivity index (χ4v) is 2.95. The fourth-order valence-electron chi connectivity index (χ4n) is 2.95. The predicted molar refractivity (Wildman–Crippen MR) is 79.2 cm³/mol. The molecule has 1 atom stereocenters. The number of nitrogens with one attached hydrogen (secondary N) is 1. The molecule has 112 valence electrons. The Balaban J connectivity index is 1.92.